The molecule has 2 fully saturated rings. The average molecular weight is 316 g/mol. The summed E-state index contributed by atoms with van der Waals surface area (Å²) in [4.78, 5) is -0.595. The Balaban J connectivity index is 1.97. The third-order valence-electron chi connectivity index (χ3n) is 4.60. The Hall–Kier alpha value is -1.05. The molecule has 4 nitrogen and oxygen atoms in total. The predicted octanol–water partition coefficient (Wildman–Crippen LogP) is 1.84. The largest absolute Gasteiger partial charge is 0.326 e. The van der Waals surface area contributed by atoms with Crippen molar-refractivity contribution in [1.29, 1.82) is 0 Å². The quantitative estimate of drug-likeness (QED) is 0.925. The first kappa shape index (κ1) is 14.9. The topological polar surface area (TPSA) is 63.4 Å². The zero-order chi connectivity index (χ0) is 15.2. The van der Waals surface area contributed by atoms with E-state index in [1.807, 2.05) is 0 Å². The molecular formula is C14H18F2N2O2S. The van der Waals surface area contributed by atoms with E-state index in [2.05, 4.69) is 0 Å². The van der Waals surface area contributed by atoms with Crippen LogP contribution in [0, 0.1) is 23.5 Å². The third kappa shape index (κ3) is 2.47. The zero-order valence-electron chi connectivity index (χ0n) is 11.6. The molecule has 116 valence electrons. The molecule has 1 aliphatic heterocycles. The summed E-state index contributed by atoms with van der Waals surface area (Å²) in [6, 6.07) is 2.08. The molecule has 1 aromatic rings. The van der Waals surface area contributed by atoms with Crippen molar-refractivity contribution in [2.45, 2.75) is 30.7 Å². The van der Waals surface area contributed by atoms with Crippen LogP contribution in [0.15, 0.2) is 17.0 Å². The van der Waals surface area contributed by atoms with Crippen LogP contribution >= 0.6 is 0 Å². The Kier molecular flexibility index (Phi) is 3.75. The van der Waals surface area contributed by atoms with E-state index in [0.717, 1.165) is 31.4 Å². The van der Waals surface area contributed by atoms with E-state index in [9.17, 15) is 17.2 Å². The van der Waals surface area contributed by atoms with Gasteiger partial charge in [0, 0.05) is 19.6 Å². The third-order valence-corrected chi connectivity index (χ3v) is 6.43. The number of hydrogen-bond donors (Lipinski definition) is 1. The van der Waals surface area contributed by atoms with Crippen LogP contribution in [0.4, 0.5) is 8.78 Å². The minimum Gasteiger partial charge on any atom is -0.326 e. The van der Waals surface area contributed by atoms with Crippen LogP contribution < -0.4 is 5.73 Å². The molecule has 0 spiro atoms. The first-order valence-electron chi connectivity index (χ1n) is 7.11. The van der Waals surface area contributed by atoms with Gasteiger partial charge in [0.15, 0.2) is 11.6 Å². The van der Waals surface area contributed by atoms with Gasteiger partial charge in [-0.25, -0.2) is 17.2 Å². The molecule has 2 unspecified atom stereocenters. The lowest BCUT2D eigenvalue weighted by molar-refractivity contribution is 0.432. The van der Waals surface area contributed by atoms with Crippen molar-refractivity contribution in [2.24, 2.45) is 17.6 Å². The second-order valence-corrected chi connectivity index (χ2v) is 7.77. The van der Waals surface area contributed by atoms with Crippen LogP contribution in [0.5, 0.6) is 0 Å². The van der Waals surface area contributed by atoms with E-state index in [-0.39, 0.29) is 12.1 Å². The molecular weight excluding hydrogens is 298 g/mol. The second kappa shape index (κ2) is 5.30. The lowest BCUT2D eigenvalue weighted by Gasteiger charge is -2.18. The minimum atomic E-state index is -4.00. The number of fused-ring (bicyclic) bond motifs is 1. The van der Waals surface area contributed by atoms with Crippen molar-refractivity contribution in [3.8, 4) is 0 Å². The highest BCUT2D eigenvalue weighted by Crippen LogP contribution is 2.40. The Morgan fingerprint density at radius 2 is 1.81 bits per heavy atom. The van der Waals surface area contributed by atoms with Gasteiger partial charge in [0.25, 0.3) is 0 Å². The van der Waals surface area contributed by atoms with Gasteiger partial charge < -0.3 is 5.73 Å². The molecule has 0 aromatic heterocycles. The maximum atomic E-state index is 13.9. The molecule has 1 heterocycles. The van der Waals surface area contributed by atoms with Crippen molar-refractivity contribution in [3.05, 3.63) is 29.3 Å². The SMILES string of the molecule is NCc1cc(F)c(F)c(S(=O)(=O)N2CC3CCCC3C2)c1. The number of sulfonamides is 1. The van der Waals surface area contributed by atoms with Gasteiger partial charge >= 0.3 is 0 Å². The van der Waals surface area contributed by atoms with Crippen molar-refractivity contribution in [2.75, 3.05) is 13.1 Å². The van der Waals surface area contributed by atoms with Gasteiger partial charge in [-0.3, -0.25) is 0 Å². The van der Waals surface area contributed by atoms with Gasteiger partial charge in [-0.05, 0) is 42.4 Å². The Morgan fingerprint density at radius 1 is 1.19 bits per heavy atom. The lowest BCUT2D eigenvalue weighted by atomic mass is 10.0. The molecule has 1 saturated heterocycles. The average Bonchev–Trinajstić information content (AvgIpc) is 3.02. The Morgan fingerprint density at radius 3 is 2.38 bits per heavy atom. The van der Waals surface area contributed by atoms with E-state index >= 15 is 0 Å². The molecule has 2 N–H and O–H groups in total. The summed E-state index contributed by atoms with van der Waals surface area (Å²) in [6.07, 6.45) is 3.14. The molecule has 7 heteroatoms. The molecule has 1 aromatic carbocycles. The number of halogens is 2. The standard InChI is InChI=1S/C14H18F2N2O2S/c15-12-4-9(6-17)5-13(14(12)16)21(19,20)18-7-10-2-1-3-11(10)8-18/h4-5,10-11H,1-3,6-8,17H2. The fraction of sp³-hybridized carbons (Fsp3) is 0.571. The zero-order valence-corrected chi connectivity index (χ0v) is 12.4. The van der Waals surface area contributed by atoms with E-state index in [1.165, 1.54) is 4.31 Å². The molecule has 21 heavy (non-hydrogen) atoms. The summed E-state index contributed by atoms with van der Waals surface area (Å²) in [6.45, 7) is 0.771. The van der Waals surface area contributed by atoms with Crippen molar-refractivity contribution < 1.29 is 17.2 Å². The molecule has 3 rings (SSSR count). The highest BCUT2D eigenvalue weighted by molar-refractivity contribution is 7.89. The lowest BCUT2D eigenvalue weighted by Crippen LogP contribution is -2.30. The second-order valence-electron chi connectivity index (χ2n) is 5.87. The fourth-order valence-corrected chi connectivity index (χ4v) is 5.13. The van der Waals surface area contributed by atoms with E-state index < -0.39 is 26.6 Å². The normalized spacial score (nSPS) is 26.2. The number of hydrogen-bond acceptors (Lipinski definition) is 3. The first-order chi connectivity index (χ1) is 9.93. The highest BCUT2D eigenvalue weighted by Gasteiger charge is 2.42. The van der Waals surface area contributed by atoms with E-state index in [1.54, 1.807) is 0 Å². The minimum absolute atomic E-state index is 0.0367. The van der Waals surface area contributed by atoms with E-state index in [0.29, 0.717) is 24.9 Å². The van der Waals surface area contributed by atoms with Crippen LogP contribution in [0.25, 0.3) is 0 Å². The van der Waals surface area contributed by atoms with Gasteiger partial charge in [-0.15, -0.1) is 0 Å². The van der Waals surface area contributed by atoms with Crippen molar-refractivity contribution in [3.63, 3.8) is 0 Å². The number of benzene rings is 1. The predicted molar refractivity (Wildman–Crippen MR) is 73.8 cm³/mol. The van der Waals surface area contributed by atoms with Crippen LogP contribution in [0.2, 0.25) is 0 Å². The smallest absolute Gasteiger partial charge is 0.246 e. The van der Waals surface area contributed by atoms with Crippen molar-refractivity contribution in [1.82, 2.24) is 4.31 Å². The molecule has 2 aliphatic rings. The van der Waals surface area contributed by atoms with Gasteiger partial charge in [0.2, 0.25) is 10.0 Å². The maximum Gasteiger partial charge on any atom is 0.246 e. The highest BCUT2D eigenvalue weighted by atomic mass is 32.2. The molecule has 0 bridgehead atoms. The molecule has 0 radical (unpaired) electrons. The summed E-state index contributed by atoms with van der Waals surface area (Å²) < 4.78 is 54.0. The maximum absolute atomic E-state index is 13.9. The molecule has 1 aliphatic carbocycles. The summed E-state index contributed by atoms with van der Waals surface area (Å²) in [7, 11) is -4.00. The number of nitrogens with two attached hydrogens (primary N) is 1. The van der Waals surface area contributed by atoms with Crippen LogP contribution in [-0.4, -0.2) is 25.8 Å². The van der Waals surface area contributed by atoms with Crippen molar-refractivity contribution >= 4 is 10.0 Å². The number of rotatable bonds is 3. The molecule has 1 saturated carbocycles. The number of nitrogens with zero attached hydrogens (tertiary/aromatic N) is 1. The van der Waals surface area contributed by atoms with Gasteiger partial charge in [-0.1, -0.05) is 6.42 Å². The first-order valence-corrected chi connectivity index (χ1v) is 8.55. The van der Waals surface area contributed by atoms with Gasteiger partial charge in [-0.2, -0.15) is 4.31 Å². The van der Waals surface area contributed by atoms with Crippen LogP contribution in [-0.2, 0) is 16.6 Å². The van der Waals surface area contributed by atoms with Gasteiger partial charge in [0.1, 0.15) is 4.90 Å². The summed E-state index contributed by atoms with van der Waals surface area (Å²) in [5.41, 5.74) is 5.68. The van der Waals surface area contributed by atoms with E-state index in [4.69, 9.17) is 5.73 Å². The fourth-order valence-electron chi connectivity index (χ4n) is 3.45. The monoisotopic (exact) mass is 316 g/mol. The van der Waals surface area contributed by atoms with Gasteiger partial charge in [0.05, 0.1) is 0 Å². The summed E-state index contributed by atoms with van der Waals surface area (Å²) in [5.74, 6) is -1.78. The summed E-state index contributed by atoms with van der Waals surface area (Å²) >= 11 is 0. The Bertz CT molecular complexity index is 651. The van der Waals surface area contributed by atoms with Crippen LogP contribution in [0.1, 0.15) is 24.8 Å². The summed E-state index contributed by atoms with van der Waals surface area (Å²) in [5, 5.41) is 0. The molecule has 2 atom stereocenters. The van der Waals surface area contributed by atoms with Crippen LogP contribution in [0.3, 0.4) is 0 Å². The Labute approximate surface area is 123 Å². The molecule has 0 amide bonds.